The van der Waals surface area contributed by atoms with Gasteiger partial charge in [-0.3, -0.25) is 0 Å². The Hall–Kier alpha value is -1.91. The summed E-state index contributed by atoms with van der Waals surface area (Å²) in [4.78, 5) is 0. The summed E-state index contributed by atoms with van der Waals surface area (Å²) in [6, 6.07) is 7.94. The van der Waals surface area contributed by atoms with Crippen molar-refractivity contribution in [2.24, 2.45) is 5.92 Å². The highest BCUT2D eigenvalue weighted by atomic mass is 15.5. The molecule has 5 heteroatoms. The van der Waals surface area contributed by atoms with Gasteiger partial charge in [0.05, 0.1) is 6.04 Å². The van der Waals surface area contributed by atoms with Crippen molar-refractivity contribution < 1.29 is 0 Å². The Kier molecular flexibility index (Phi) is 4.14. The fourth-order valence-electron chi connectivity index (χ4n) is 2.46. The summed E-state index contributed by atoms with van der Waals surface area (Å²) in [5.41, 5.74) is 7.45. The molecular formula is C14H21N5. The Morgan fingerprint density at radius 1 is 1.16 bits per heavy atom. The van der Waals surface area contributed by atoms with Crippen LogP contribution in [-0.4, -0.2) is 20.2 Å². The molecule has 102 valence electrons. The smallest absolute Gasteiger partial charge is 0.182 e. The van der Waals surface area contributed by atoms with Gasteiger partial charge >= 0.3 is 0 Å². The molecule has 0 radical (unpaired) electrons. The maximum Gasteiger partial charge on any atom is 0.182 e. The number of nitrogens with zero attached hydrogens (tertiary/aromatic N) is 4. The highest BCUT2D eigenvalue weighted by Crippen LogP contribution is 2.27. The topological polar surface area (TPSA) is 69.6 Å². The number of rotatable bonds is 5. The Morgan fingerprint density at radius 3 is 2.37 bits per heavy atom. The van der Waals surface area contributed by atoms with Gasteiger partial charge in [0, 0.05) is 11.3 Å². The third kappa shape index (κ3) is 2.75. The number of hydrogen-bond donors (Lipinski definition) is 1. The van der Waals surface area contributed by atoms with Gasteiger partial charge in [0.1, 0.15) is 0 Å². The second-order valence-corrected chi connectivity index (χ2v) is 4.89. The van der Waals surface area contributed by atoms with Crippen molar-refractivity contribution in [1.82, 2.24) is 20.2 Å². The number of tetrazole rings is 1. The van der Waals surface area contributed by atoms with Gasteiger partial charge < -0.3 is 5.73 Å². The van der Waals surface area contributed by atoms with Crippen LogP contribution >= 0.6 is 0 Å². The van der Waals surface area contributed by atoms with Crippen LogP contribution < -0.4 is 5.73 Å². The van der Waals surface area contributed by atoms with Crippen molar-refractivity contribution in [2.75, 3.05) is 5.73 Å². The lowest BCUT2D eigenvalue weighted by atomic mass is 9.95. The van der Waals surface area contributed by atoms with Crippen molar-refractivity contribution in [1.29, 1.82) is 0 Å². The Labute approximate surface area is 113 Å². The molecule has 1 atom stereocenters. The fourth-order valence-corrected chi connectivity index (χ4v) is 2.46. The van der Waals surface area contributed by atoms with E-state index in [9.17, 15) is 0 Å². The van der Waals surface area contributed by atoms with Gasteiger partial charge in [0.2, 0.25) is 0 Å². The Bertz CT molecular complexity index is 513. The molecule has 0 saturated carbocycles. The zero-order valence-corrected chi connectivity index (χ0v) is 11.7. The Morgan fingerprint density at radius 2 is 1.79 bits per heavy atom. The van der Waals surface area contributed by atoms with E-state index in [2.05, 4.69) is 36.3 Å². The molecule has 1 heterocycles. The SMILES string of the molecule is CCC(CC)C(C)n1nnnc1-c1ccc(N)cc1. The zero-order chi connectivity index (χ0) is 13.8. The molecule has 0 fully saturated rings. The monoisotopic (exact) mass is 259 g/mol. The summed E-state index contributed by atoms with van der Waals surface area (Å²) >= 11 is 0. The van der Waals surface area contributed by atoms with Crippen molar-refractivity contribution in [2.45, 2.75) is 39.7 Å². The molecule has 0 aliphatic rings. The van der Waals surface area contributed by atoms with Crippen LogP contribution in [0.5, 0.6) is 0 Å². The van der Waals surface area contributed by atoms with Crippen molar-refractivity contribution in [3.8, 4) is 11.4 Å². The molecule has 0 spiro atoms. The first-order valence-electron chi connectivity index (χ1n) is 6.81. The standard InChI is InChI=1S/C14H21N5/c1-4-11(5-2)10(3)19-14(16-17-18-19)12-6-8-13(15)9-7-12/h6-11H,4-5,15H2,1-3H3. The van der Waals surface area contributed by atoms with Gasteiger partial charge in [-0.05, 0) is 47.5 Å². The molecule has 2 N–H and O–H groups in total. The lowest BCUT2D eigenvalue weighted by Crippen LogP contribution is -2.18. The average molecular weight is 259 g/mol. The van der Waals surface area contributed by atoms with Crippen molar-refractivity contribution in [3.63, 3.8) is 0 Å². The predicted molar refractivity (Wildman–Crippen MR) is 76.4 cm³/mol. The normalized spacial score (nSPS) is 12.8. The van der Waals surface area contributed by atoms with E-state index in [1.807, 2.05) is 28.9 Å². The minimum Gasteiger partial charge on any atom is -0.399 e. The van der Waals surface area contributed by atoms with Gasteiger partial charge in [-0.25, -0.2) is 4.68 Å². The quantitative estimate of drug-likeness (QED) is 0.838. The molecular weight excluding hydrogens is 238 g/mol. The van der Waals surface area contributed by atoms with Crippen LogP contribution in [0.1, 0.15) is 39.7 Å². The number of nitrogen functional groups attached to an aromatic ring is 1. The van der Waals surface area contributed by atoms with Crippen LogP contribution in [0.15, 0.2) is 24.3 Å². The zero-order valence-electron chi connectivity index (χ0n) is 11.7. The summed E-state index contributed by atoms with van der Waals surface area (Å²) in [6.07, 6.45) is 2.25. The van der Waals surface area contributed by atoms with Crippen LogP contribution in [-0.2, 0) is 0 Å². The summed E-state index contributed by atoms with van der Waals surface area (Å²) in [6.45, 7) is 6.59. The lowest BCUT2D eigenvalue weighted by molar-refractivity contribution is 0.309. The molecule has 0 aliphatic carbocycles. The van der Waals surface area contributed by atoms with Crippen molar-refractivity contribution in [3.05, 3.63) is 24.3 Å². The minimum atomic E-state index is 0.289. The van der Waals surface area contributed by atoms with E-state index in [0.29, 0.717) is 5.92 Å². The van der Waals surface area contributed by atoms with E-state index >= 15 is 0 Å². The Balaban J connectivity index is 2.34. The summed E-state index contributed by atoms with van der Waals surface area (Å²) in [5.74, 6) is 1.38. The number of nitrogens with two attached hydrogens (primary N) is 1. The van der Waals surface area contributed by atoms with Gasteiger partial charge in [0.25, 0.3) is 0 Å². The van der Waals surface area contributed by atoms with E-state index in [1.165, 1.54) is 0 Å². The minimum absolute atomic E-state index is 0.289. The highest BCUT2D eigenvalue weighted by Gasteiger charge is 2.20. The molecule has 5 nitrogen and oxygen atoms in total. The first kappa shape index (κ1) is 13.5. The predicted octanol–water partition coefficient (Wildman–Crippen LogP) is 2.92. The molecule has 0 amide bonds. The maximum absolute atomic E-state index is 5.71. The number of anilines is 1. The van der Waals surface area contributed by atoms with Crippen LogP contribution in [0, 0.1) is 5.92 Å². The molecule has 1 aromatic carbocycles. The largest absolute Gasteiger partial charge is 0.399 e. The second kappa shape index (κ2) is 5.82. The molecule has 19 heavy (non-hydrogen) atoms. The average Bonchev–Trinajstić information content (AvgIpc) is 2.90. The molecule has 1 aromatic heterocycles. The van der Waals surface area contributed by atoms with E-state index in [0.717, 1.165) is 29.9 Å². The van der Waals surface area contributed by atoms with Gasteiger partial charge in [0.15, 0.2) is 5.82 Å². The fraction of sp³-hybridized carbons (Fsp3) is 0.500. The number of hydrogen-bond acceptors (Lipinski definition) is 4. The third-order valence-electron chi connectivity index (χ3n) is 3.78. The first-order valence-corrected chi connectivity index (χ1v) is 6.81. The van der Waals surface area contributed by atoms with Crippen LogP contribution in [0.4, 0.5) is 5.69 Å². The first-order chi connectivity index (χ1) is 9.17. The van der Waals surface area contributed by atoms with Gasteiger partial charge in [-0.15, -0.1) is 5.10 Å². The van der Waals surface area contributed by atoms with Crippen LogP contribution in [0.2, 0.25) is 0 Å². The van der Waals surface area contributed by atoms with E-state index in [1.54, 1.807) is 0 Å². The number of aromatic nitrogens is 4. The van der Waals surface area contributed by atoms with E-state index in [-0.39, 0.29) is 6.04 Å². The maximum atomic E-state index is 5.71. The third-order valence-corrected chi connectivity index (χ3v) is 3.78. The molecule has 1 unspecified atom stereocenters. The lowest BCUT2D eigenvalue weighted by Gasteiger charge is -2.22. The van der Waals surface area contributed by atoms with Gasteiger partial charge in [-0.2, -0.15) is 0 Å². The van der Waals surface area contributed by atoms with E-state index in [4.69, 9.17) is 5.73 Å². The molecule has 2 rings (SSSR count). The molecule has 0 saturated heterocycles. The molecule has 0 bridgehead atoms. The highest BCUT2D eigenvalue weighted by molar-refractivity contribution is 5.58. The summed E-state index contributed by atoms with van der Waals surface area (Å²) < 4.78 is 1.92. The van der Waals surface area contributed by atoms with Crippen LogP contribution in [0.25, 0.3) is 11.4 Å². The second-order valence-electron chi connectivity index (χ2n) is 4.89. The van der Waals surface area contributed by atoms with E-state index < -0.39 is 0 Å². The number of benzene rings is 1. The summed E-state index contributed by atoms with van der Waals surface area (Å²) in [7, 11) is 0. The van der Waals surface area contributed by atoms with Crippen LogP contribution in [0.3, 0.4) is 0 Å². The molecule has 0 aliphatic heterocycles. The summed E-state index contributed by atoms with van der Waals surface area (Å²) in [5, 5.41) is 12.1. The van der Waals surface area contributed by atoms with Gasteiger partial charge in [-0.1, -0.05) is 26.7 Å². The van der Waals surface area contributed by atoms with Crippen molar-refractivity contribution >= 4 is 5.69 Å². The molecule has 2 aromatic rings.